The largest absolute Gasteiger partial charge is 0.490 e. The molecule has 0 radical (unpaired) electrons. The van der Waals surface area contributed by atoms with Crippen LogP contribution in [-0.4, -0.2) is 52.8 Å². The van der Waals surface area contributed by atoms with Crippen molar-refractivity contribution >= 4 is 29.8 Å². The maximum absolute atomic E-state index is 12.8. The highest BCUT2D eigenvalue weighted by molar-refractivity contribution is 6.13. The molecule has 0 atom stereocenters. The molecule has 1 saturated heterocycles. The van der Waals surface area contributed by atoms with E-state index in [1.807, 2.05) is 0 Å². The number of likely N-dealkylation sites (tertiary alicyclic amines) is 1. The number of Topliss-reactive ketones (excluding diaryl/α,β-unsaturated/α-hetero) is 1. The van der Waals surface area contributed by atoms with Gasteiger partial charge in [0.15, 0.2) is 5.78 Å². The molecular weight excluding hydrogens is 380 g/mol. The average Bonchev–Trinajstić information content (AvgIpc) is 3.33. The van der Waals surface area contributed by atoms with Gasteiger partial charge < -0.3 is 15.0 Å². The molecule has 0 saturated carbocycles. The number of aromatic nitrogens is 2. The van der Waals surface area contributed by atoms with Crippen molar-refractivity contribution in [1.82, 2.24) is 14.9 Å². The summed E-state index contributed by atoms with van der Waals surface area (Å²) >= 11 is 0. The van der Waals surface area contributed by atoms with Crippen LogP contribution < -0.4 is 10.1 Å². The van der Waals surface area contributed by atoms with Gasteiger partial charge in [-0.25, -0.2) is 0 Å². The smallest absolute Gasteiger partial charge is 0.258 e. The van der Waals surface area contributed by atoms with Crippen molar-refractivity contribution < 1.29 is 14.3 Å². The number of anilines is 1. The molecule has 150 valence electrons. The average molecular weight is 405 g/mol. The maximum atomic E-state index is 12.8. The lowest BCUT2D eigenvalue weighted by Gasteiger charge is -2.16. The Morgan fingerprint density at radius 2 is 2.07 bits per heavy atom. The Labute approximate surface area is 170 Å². The van der Waals surface area contributed by atoms with Crippen LogP contribution in [0.4, 0.5) is 5.69 Å². The second-order valence-corrected chi connectivity index (χ2v) is 7.06. The minimum absolute atomic E-state index is 0. The third-order valence-corrected chi connectivity index (χ3v) is 5.21. The predicted octanol–water partition coefficient (Wildman–Crippen LogP) is 3.08. The van der Waals surface area contributed by atoms with Gasteiger partial charge in [-0.2, -0.15) is 0 Å². The number of hydrogen-bond acceptors (Lipinski definition) is 5. The number of aryl methyl sites for hydroxylation is 1. The fourth-order valence-electron chi connectivity index (χ4n) is 3.79. The molecule has 1 amide bonds. The summed E-state index contributed by atoms with van der Waals surface area (Å²) in [5.74, 6) is 0.296. The maximum Gasteiger partial charge on any atom is 0.258 e. The number of H-pyrrole nitrogens is 1. The van der Waals surface area contributed by atoms with Crippen molar-refractivity contribution in [2.45, 2.75) is 32.1 Å². The number of hydrogen-bond donors (Lipinski definition) is 2. The molecule has 4 rings (SSSR count). The fourth-order valence-corrected chi connectivity index (χ4v) is 3.79. The third-order valence-electron chi connectivity index (χ3n) is 5.21. The quantitative estimate of drug-likeness (QED) is 0.772. The summed E-state index contributed by atoms with van der Waals surface area (Å²) < 4.78 is 5.88. The highest BCUT2D eigenvalue weighted by Gasteiger charge is 2.26. The number of amides is 1. The molecule has 2 aromatic heterocycles. The van der Waals surface area contributed by atoms with Crippen LogP contribution in [0.1, 0.15) is 52.1 Å². The number of nitrogens with one attached hydrogen (secondary N) is 2. The highest BCUT2D eigenvalue weighted by atomic mass is 35.5. The molecule has 28 heavy (non-hydrogen) atoms. The normalized spacial score (nSPS) is 16.4. The van der Waals surface area contributed by atoms with Crippen LogP contribution >= 0.6 is 12.4 Å². The van der Waals surface area contributed by atoms with Crippen LogP contribution in [0.25, 0.3) is 0 Å². The number of fused-ring (bicyclic) bond motifs is 1. The van der Waals surface area contributed by atoms with Crippen LogP contribution in [0.3, 0.4) is 0 Å². The number of aromatic amines is 1. The van der Waals surface area contributed by atoms with Crippen LogP contribution in [-0.2, 0) is 6.42 Å². The second kappa shape index (κ2) is 9.21. The van der Waals surface area contributed by atoms with Crippen LogP contribution in [0.15, 0.2) is 24.7 Å². The number of halogens is 1. The van der Waals surface area contributed by atoms with Crippen molar-refractivity contribution in [3.05, 3.63) is 41.5 Å². The van der Waals surface area contributed by atoms with Gasteiger partial charge in [-0.05, 0) is 38.8 Å². The van der Waals surface area contributed by atoms with Crippen LogP contribution in [0, 0.1) is 0 Å². The zero-order chi connectivity index (χ0) is 18.6. The molecule has 7 nitrogen and oxygen atoms in total. The molecule has 3 heterocycles. The molecule has 1 aliphatic carbocycles. The Kier molecular flexibility index (Phi) is 6.70. The van der Waals surface area contributed by atoms with Gasteiger partial charge in [-0.3, -0.25) is 19.5 Å². The molecule has 2 aliphatic rings. The van der Waals surface area contributed by atoms with E-state index in [0.717, 1.165) is 38.2 Å². The number of carbonyl (C=O) groups excluding carboxylic acids is 2. The van der Waals surface area contributed by atoms with E-state index in [0.29, 0.717) is 35.6 Å². The first-order valence-electron chi connectivity index (χ1n) is 9.56. The van der Waals surface area contributed by atoms with Gasteiger partial charge in [0.1, 0.15) is 18.0 Å². The highest BCUT2D eigenvalue weighted by Crippen LogP contribution is 2.27. The minimum Gasteiger partial charge on any atom is -0.490 e. The number of nitrogens with zero attached hydrogens (tertiary/aromatic N) is 2. The Balaban J connectivity index is 0.00000225. The van der Waals surface area contributed by atoms with Crippen molar-refractivity contribution in [3.63, 3.8) is 0 Å². The third kappa shape index (κ3) is 4.36. The lowest BCUT2D eigenvalue weighted by Crippen LogP contribution is -2.25. The first-order valence-corrected chi connectivity index (χ1v) is 9.56. The predicted molar refractivity (Wildman–Crippen MR) is 109 cm³/mol. The first-order chi connectivity index (χ1) is 13.2. The summed E-state index contributed by atoms with van der Waals surface area (Å²) in [6.45, 7) is 3.67. The molecule has 1 fully saturated rings. The van der Waals surface area contributed by atoms with Gasteiger partial charge in [0.25, 0.3) is 5.91 Å². The zero-order valence-corrected chi connectivity index (χ0v) is 16.5. The van der Waals surface area contributed by atoms with Gasteiger partial charge in [0.2, 0.25) is 0 Å². The van der Waals surface area contributed by atoms with Gasteiger partial charge in [0, 0.05) is 37.1 Å². The number of pyridine rings is 1. The zero-order valence-electron chi connectivity index (χ0n) is 15.7. The standard InChI is InChI=1S/C20H24N4O3.ClH/c25-17-5-3-4-15-19(17)14(12-22-15)20(26)23-16-13-21-7-6-18(16)27-11-10-24-8-1-2-9-24;/h6-7,12-13,22H,1-5,8-11H2,(H,23,26);1H. The molecule has 0 bridgehead atoms. The van der Waals surface area contributed by atoms with Gasteiger partial charge in [0.05, 0.1) is 17.3 Å². The van der Waals surface area contributed by atoms with Crippen LogP contribution in [0.2, 0.25) is 0 Å². The summed E-state index contributed by atoms with van der Waals surface area (Å²) in [6, 6.07) is 1.75. The Hall–Kier alpha value is -2.38. The van der Waals surface area contributed by atoms with E-state index in [4.69, 9.17) is 4.74 Å². The van der Waals surface area contributed by atoms with E-state index >= 15 is 0 Å². The van der Waals surface area contributed by atoms with Crippen molar-refractivity contribution in [2.75, 3.05) is 31.6 Å². The van der Waals surface area contributed by atoms with Crippen molar-refractivity contribution in [2.24, 2.45) is 0 Å². The molecular formula is C20H25ClN4O3. The summed E-state index contributed by atoms with van der Waals surface area (Å²) in [4.78, 5) is 34.5. The van der Waals surface area contributed by atoms with E-state index in [9.17, 15) is 9.59 Å². The topological polar surface area (TPSA) is 87.3 Å². The number of ether oxygens (including phenoxy) is 1. The molecule has 2 aromatic rings. The summed E-state index contributed by atoms with van der Waals surface area (Å²) in [7, 11) is 0. The Bertz CT molecular complexity index is 846. The Morgan fingerprint density at radius 1 is 1.25 bits per heavy atom. The minimum atomic E-state index is -0.319. The fraction of sp³-hybridized carbons (Fsp3) is 0.450. The molecule has 8 heteroatoms. The molecule has 0 spiro atoms. The SMILES string of the molecule is Cl.O=C(Nc1cnccc1OCCN1CCCC1)c1c[nH]c2c1C(=O)CCC2. The number of carbonyl (C=O) groups is 2. The lowest BCUT2D eigenvalue weighted by atomic mass is 9.93. The summed E-state index contributed by atoms with van der Waals surface area (Å²) in [5.41, 5.74) is 2.28. The van der Waals surface area contributed by atoms with Crippen molar-refractivity contribution in [1.29, 1.82) is 0 Å². The molecule has 0 aromatic carbocycles. The van der Waals surface area contributed by atoms with E-state index in [1.165, 1.54) is 12.8 Å². The van der Waals surface area contributed by atoms with Crippen molar-refractivity contribution in [3.8, 4) is 5.75 Å². The van der Waals surface area contributed by atoms with Gasteiger partial charge in [-0.15, -0.1) is 12.4 Å². The number of ketones is 1. The molecule has 1 aliphatic heterocycles. The number of rotatable bonds is 6. The summed E-state index contributed by atoms with van der Waals surface area (Å²) in [5, 5.41) is 2.85. The monoisotopic (exact) mass is 404 g/mol. The lowest BCUT2D eigenvalue weighted by molar-refractivity contribution is 0.0956. The van der Waals surface area contributed by atoms with E-state index in [2.05, 4.69) is 20.2 Å². The first kappa shape index (κ1) is 20.4. The second-order valence-electron chi connectivity index (χ2n) is 7.06. The van der Waals surface area contributed by atoms with E-state index < -0.39 is 0 Å². The molecule has 2 N–H and O–H groups in total. The Morgan fingerprint density at radius 3 is 2.89 bits per heavy atom. The summed E-state index contributed by atoms with van der Waals surface area (Å²) in [6.07, 6.45) is 9.44. The van der Waals surface area contributed by atoms with Gasteiger partial charge >= 0.3 is 0 Å². The van der Waals surface area contributed by atoms with Gasteiger partial charge in [-0.1, -0.05) is 0 Å². The van der Waals surface area contributed by atoms with E-state index in [-0.39, 0.29) is 24.1 Å². The van der Waals surface area contributed by atoms with Crippen LogP contribution in [0.5, 0.6) is 5.75 Å². The molecule has 0 unspecified atom stereocenters. The van der Waals surface area contributed by atoms with E-state index in [1.54, 1.807) is 24.7 Å².